The predicted molar refractivity (Wildman–Crippen MR) is 120 cm³/mol. The first kappa shape index (κ1) is 24.3. The normalized spacial score (nSPS) is 12.3. The highest BCUT2D eigenvalue weighted by atomic mass is 127. The highest BCUT2D eigenvalue weighted by Crippen LogP contribution is 2.20. The van der Waals surface area contributed by atoms with Crippen LogP contribution in [0.25, 0.3) is 0 Å². The van der Waals surface area contributed by atoms with Crippen molar-refractivity contribution in [3.8, 4) is 5.75 Å². The Hall–Kier alpha value is -0.670. The Morgan fingerprint density at radius 3 is 2.68 bits per heavy atom. The molecule has 0 amide bonds. The number of nitrogens with one attached hydrogen (secondary N) is 2. The lowest BCUT2D eigenvalue weighted by molar-refractivity contribution is 0.110. The van der Waals surface area contributed by atoms with Crippen molar-refractivity contribution < 1.29 is 9.47 Å². The van der Waals surface area contributed by atoms with E-state index in [0.29, 0.717) is 31.6 Å². The van der Waals surface area contributed by atoms with Gasteiger partial charge >= 0.3 is 0 Å². The molecule has 1 rings (SSSR count). The van der Waals surface area contributed by atoms with Gasteiger partial charge in [0.15, 0.2) is 5.96 Å². The Morgan fingerprint density at radius 1 is 1.28 bits per heavy atom. The third-order valence-electron chi connectivity index (χ3n) is 3.54. The van der Waals surface area contributed by atoms with E-state index in [1.54, 1.807) is 7.05 Å². The number of benzene rings is 1. The van der Waals surface area contributed by atoms with E-state index < -0.39 is 0 Å². The molecule has 2 N–H and O–H groups in total. The Bertz CT molecular complexity index is 515. The maximum absolute atomic E-state index is 5.87. The molecule has 1 aromatic carbocycles. The van der Waals surface area contributed by atoms with Gasteiger partial charge in [0.05, 0.1) is 6.61 Å². The zero-order valence-corrected chi connectivity index (χ0v) is 19.1. The molecule has 0 aliphatic carbocycles. The van der Waals surface area contributed by atoms with Crippen molar-refractivity contribution in [3.05, 3.63) is 29.3 Å². The van der Waals surface area contributed by atoms with Crippen molar-refractivity contribution in [3.63, 3.8) is 0 Å². The van der Waals surface area contributed by atoms with Gasteiger partial charge in [0, 0.05) is 37.6 Å². The first-order valence-corrected chi connectivity index (χ1v) is 9.66. The van der Waals surface area contributed by atoms with E-state index >= 15 is 0 Å². The van der Waals surface area contributed by atoms with Gasteiger partial charge in [-0.1, -0.05) is 19.1 Å². The fraction of sp³-hybridized carbons (Fsp3) is 0.611. The minimum atomic E-state index is 0. The molecule has 0 spiro atoms. The van der Waals surface area contributed by atoms with Gasteiger partial charge < -0.3 is 20.1 Å². The van der Waals surface area contributed by atoms with Crippen LogP contribution >= 0.6 is 35.7 Å². The number of hydrogen-bond donors (Lipinski definition) is 2. The van der Waals surface area contributed by atoms with Gasteiger partial charge in [0.25, 0.3) is 0 Å². The monoisotopic (exact) mass is 481 g/mol. The van der Waals surface area contributed by atoms with Gasteiger partial charge in [-0.2, -0.15) is 11.8 Å². The minimum absolute atomic E-state index is 0. The summed E-state index contributed by atoms with van der Waals surface area (Å²) in [6.45, 7) is 9.66. The van der Waals surface area contributed by atoms with Crippen molar-refractivity contribution in [1.82, 2.24) is 10.6 Å². The molecule has 144 valence electrons. The summed E-state index contributed by atoms with van der Waals surface area (Å²) in [5.74, 6) is 1.70. The van der Waals surface area contributed by atoms with Crippen molar-refractivity contribution >= 4 is 41.7 Å². The van der Waals surface area contributed by atoms with Gasteiger partial charge in [-0.25, -0.2) is 0 Å². The third kappa shape index (κ3) is 10.2. The Labute approximate surface area is 173 Å². The summed E-state index contributed by atoms with van der Waals surface area (Å²) in [6, 6.07) is 6.25. The molecule has 0 aromatic heterocycles. The number of ether oxygens (including phenoxy) is 2. The van der Waals surface area contributed by atoms with Crippen molar-refractivity contribution in [1.29, 1.82) is 0 Å². The molecule has 5 nitrogen and oxygen atoms in total. The summed E-state index contributed by atoms with van der Waals surface area (Å²) in [4.78, 5) is 4.27. The lowest BCUT2D eigenvalue weighted by Gasteiger charge is -2.17. The summed E-state index contributed by atoms with van der Waals surface area (Å²) >= 11 is 1.83. The summed E-state index contributed by atoms with van der Waals surface area (Å²) in [5, 5.41) is 7.23. The van der Waals surface area contributed by atoms with E-state index in [2.05, 4.69) is 53.9 Å². The van der Waals surface area contributed by atoms with Crippen molar-refractivity contribution in [2.45, 2.75) is 32.6 Å². The van der Waals surface area contributed by atoms with Crippen LogP contribution in [-0.4, -0.2) is 50.9 Å². The van der Waals surface area contributed by atoms with Crippen LogP contribution in [0.2, 0.25) is 0 Å². The molecule has 0 bridgehead atoms. The summed E-state index contributed by atoms with van der Waals surface area (Å²) in [6.07, 6.45) is 2.11. The number of nitrogens with zero attached hydrogens (tertiary/aromatic N) is 1. The van der Waals surface area contributed by atoms with E-state index in [1.807, 2.05) is 18.7 Å². The first-order valence-electron chi connectivity index (χ1n) is 8.38. The summed E-state index contributed by atoms with van der Waals surface area (Å²) in [7, 11) is 1.79. The number of guanidine groups is 1. The average Bonchev–Trinajstić information content (AvgIpc) is 2.59. The number of hydrogen-bond acceptors (Lipinski definition) is 4. The van der Waals surface area contributed by atoms with Gasteiger partial charge in [0.1, 0.15) is 12.4 Å². The number of aryl methyl sites for hydroxylation is 1. The number of halogens is 1. The van der Waals surface area contributed by atoms with E-state index in [0.717, 1.165) is 23.8 Å². The zero-order valence-electron chi connectivity index (χ0n) is 15.9. The molecule has 0 radical (unpaired) electrons. The Balaban J connectivity index is 0.00000576. The van der Waals surface area contributed by atoms with Crippen LogP contribution in [0.1, 0.15) is 25.0 Å². The van der Waals surface area contributed by atoms with Crippen LogP contribution in [0.3, 0.4) is 0 Å². The first-order chi connectivity index (χ1) is 11.6. The molecule has 7 heteroatoms. The van der Waals surface area contributed by atoms with E-state index in [9.17, 15) is 0 Å². The molecule has 0 heterocycles. The van der Waals surface area contributed by atoms with Gasteiger partial charge in [0.2, 0.25) is 0 Å². The third-order valence-corrected chi connectivity index (χ3v) is 4.51. The van der Waals surface area contributed by atoms with Crippen LogP contribution in [0.5, 0.6) is 5.75 Å². The maximum atomic E-state index is 5.87. The molecular weight excluding hydrogens is 449 g/mol. The van der Waals surface area contributed by atoms with Gasteiger partial charge in [-0.05, 0) is 31.7 Å². The molecule has 25 heavy (non-hydrogen) atoms. The highest BCUT2D eigenvalue weighted by molar-refractivity contribution is 14.0. The molecule has 0 aliphatic rings. The molecule has 1 aromatic rings. The largest absolute Gasteiger partial charge is 0.491 e. The van der Waals surface area contributed by atoms with E-state index in [4.69, 9.17) is 9.47 Å². The zero-order chi connectivity index (χ0) is 17.8. The molecule has 1 unspecified atom stereocenters. The molecule has 0 saturated heterocycles. The van der Waals surface area contributed by atoms with Crippen LogP contribution in [0, 0.1) is 6.92 Å². The molecule has 0 aliphatic heterocycles. The lowest BCUT2D eigenvalue weighted by Crippen LogP contribution is -2.39. The smallest absolute Gasteiger partial charge is 0.191 e. The van der Waals surface area contributed by atoms with Crippen LogP contribution in [0.15, 0.2) is 23.2 Å². The quantitative estimate of drug-likeness (QED) is 0.232. The SMILES string of the molecule is CCOCCOc1cc(C)ccc1CNC(=NC)NCC(C)SC.I. The van der Waals surface area contributed by atoms with Crippen LogP contribution in [-0.2, 0) is 11.3 Å². The predicted octanol–water partition coefficient (Wildman–Crippen LogP) is 3.44. The fourth-order valence-corrected chi connectivity index (χ4v) is 2.27. The van der Waals surface area contributed by atoms with Crippen LogP contribution < -0.4 is 15.4 Å². The topological polar surface area (TPSA) is 54.9 Å². The van der Waals surface area contributed by atoms with E-state index in [1.165, 1.54) is 5.56 Å². The Morgan fingerprint density at radius 2 is 2.04 bits per heavy atom. The lowest BCUT2D eigenvalue weighted by atomic mass is 10.1. The average molecular weight is 481 g/mol. The minimum Gasteiger partial charge on any atom is -0.491 e. The van der Waals surface area contributed by atoms with E-state index in [-0.39, 0.29) is 24.0 Å². The molecular formula is C18H32IN3O2S. The second-order valence-corrected chi connectivity index (χ2v) is 6.79. The fourth-order valence-electron chi connectivity index (χ4n) is 2.02. The molecule has 0 saturated carbocycles. The number of thioether (sulfide) groups is 1. The molecule has 0 fully saturated rings. The van der Waals surface area contributed by atoms with Gasteiger partial charge in [-0.3, -0.25) is 4.99 Å². The van der Waals surface area contributed by atoms with Gasteiger partial charge in [-0.15, -0.1) is 24.0 Å². The standard InChI is InChI=1S/C18H31N3O2S.HI/c1-6-22-9-10-23-17-11-14(2)7-8-16(17)13-21-18(19-4)20-12-15(3)24-5;/h7-8,11,15H,6,9-10,12-13H2,1-5H3,(H2,19,20,21);1H. The Kier molecular flexibility index (Phi) is 14.1. The van der Waals surface area contributed by atoms with Crippen molar-refractivity contribution in [2.75, 3.05) is 39.7 Å². The maximum Gasteiger partial charge on any atom is 0.191 e. The summed E-state index contributed by atoms with van der Waals surface area (Å²) in [5.41, 5.74) is 2.29. The summed E-state index contributed by atoms with van der Waals surface area (Å²) < 4.78 is 11.2. The van der Waals surface area contributed by atoms with Crippen molar-refractivity contribution in [2.24, 2.45) is 4.99 Å². The second-order valence-electron chi connectivity index (χ2n) is 5.51. The number of aliphatic imine (C=N–C) groups is 1. The highest BCUT2D eigenvalue weighted by Gasteiger charge is 2.07. The van der Waals surface area contributed by atoms with Crippen LogP contribution in [0.4, 0.5) is 0 Å². The number of rotatable bonds is 10. The molecule has 1 atom stereocenters. The second kappa shape index (κ2) is 14.5.